The van der Waals surface area contributed by atoms with E-state index in [1.165, 1.54) is 16.1 Å². The first-order valence-corrected chi connectivity index (χ1v) is 12.9. The van der Waals surface area contributed by atoms with E-state index in [0.717, 1.165) is 17.4 Å². The Morgan fingerprint density at radius 3 is 2.41 bits per heavy atom. The minimum Gasteiger partial charge on any atom is -0.349 e. The molecule has 32 heavy (non-hydrogen) atoms. The Bertz CT molecular complexity index is 1160. The number of hydrogen-bond donors (Lipinski definition) is 1. The number of hydrogen-bond acceptors (Lipinski definition) is 6. The Balaban J connectivity index is 1.65. The molecule has 3 aromatic rings. The van der Waals surface area contributed by atoms with Gasteiger partial charge >= 0.3 is 0 Å². The first-order valence-electron chi connectivity index (χ1n) is 10.0. The third-order valence-electron chi connectivity index (χ3n) is 4.94. The number of carbonyl (C=O) groups is 1. The van der Waals surface area contributed by atoms with Crippen molar-refractivity contribution < 1.29 is 13.2 Å². The van der Waals surface area contributed by atoms with Crippen molar-refractivity contribution in [2.45, 2.75) is 31.6 Å². The first kappa shape index (κ1) is 23.8. The SMILES string of the molecule is Cc1ccc(N(Cc2nnc(SCC(=O)N[C@@H](C)c3ccccc3)n2C)S(C)(=O)=O)cc1. The van der Waals surface area contributed by atoms with Crippen LogP contribution in [-0.2, 0) is 28.4 Å². The van der Waals surface area contributed by atoms with E-state index in [2.05, 4.69) is 15.5 Å². The standard InChI is InChI=1S/C22H27N5O3S2/c1-16-10-12-19(13-11-16)27(32(4,29)30)14-20-24-25-22(26(20)3)31-15-21(28)23-17(2)18-8-6-5-7-9-18/h5-13,17H,14-15H2,1-4H3,(H,23,28)/t17-/m0/s1. The normalized spacial score (nSPS) is 12.4. The van der Waals surface area contributed by atoms with Gasteiger partial charge in [-0.25, -0.2) is 8.42 Å². The lowest BCUT2D eigenvalue weighted by molar-refractivity contribution is -0.119. The second kappa shape index (κ2) is 10.2. The van der Waals surface area contributed by atoms with Crippen molar-refractivity contribution in [3.8, 4) is 0 Å². The summed E-state index contributed by atoms with van der Waals surface area (Å²) in [5.74, 6) is 0.543. The minimum atomic E-state index is -3.52. The summed E-state index contributed by atoms with van der Waals surface area (Å²) in [4.78, 5) is 12.4. The second-order valence-electron chi connectivity index (χ2n) is 7.55. The molecule has 170 valence electrons. The third-order valence-corrected chi connectivity index (χ3v) is 7.10. The van der Waals surface area contributed by atoms with E-state index < -0.39 is 10.0 Å². The van der Waals surface area contributed by atoms with Crippen molar-refractivity contribution in [1.29, 1.82) is 0 Å². The molecular weight excluding hydrogens is 446 g/mol. The lowest BCUT2D eigenvalue weighted by Gasteiger charge is -2.22. The van der Waals surface area contributed by atoms with Gasteiger partial charge in [0, 0.05) is 7.05 Å². The Hall–Kier alpha value is -2.85. The number of aromatic nitrogens is 3. The second-order valence-corrected chi connectivity index (χ2v) is 10.4. The van der Waals surface area contributed by atoms with E-state index in [1.807, 2.05) is 56.3 Å². The van der Waals surface area contributed by atoms with Crippen LogP contribution in [0.25, 0.3) is 0 Å². The monoisotopic (exact) mass is 473 g/mol. The van der Waals surface area contributed by atoms with Gasteiger partial charge in [0.05, 0.1) is 30.3 Å². The lowest BCUT2D eigenvalue weighted by Crippen LogP contribution is -2.30. The Morgan fingerprint density at radius 1 is 1.12 bits per heavy atom. The summed E-state index contributed by atoms with van der Waals surface area (Å²) in [5, 5.41) is 11.8. The molecule has 1 aromatic heterocycles. The van der Waals surface area contributed by atoms with Gasteiger partial charge in [-0.3, -0.25) is 9.10 Å². The molecule has 1 atom stereocenters. The molecule has 1 amide bonds. The summed E-state index contributed by atoms with van der Waals surface area (Å²) in [5.41, 5.74) is 2.63. The molecule has 0 spiro atoms. The molecule has 0 saturated heterocycles. The maximum atomic E-state index is 12.4. The fourth-order valence-corrected chi connectivity index (χ4v) is 4.68. The fourth-order valence-electron chi connectivity index (χ4n) is 3.09. The van der Waals surface area contributed by atoms with Crippen molar-refractivity contribution in [1.82, 2.24) is 20.1 Å². The van der Waals surface area contributed by atoms with Crippen LogP contribution >= 0.6 is 11.8 Å². The van der Waals surface area contributed by atoms with Gasteiger partial charge in [0.1, 0.15) is 0 Å². The number of nitrogens with one attached hydrogen (secondary N) is 1. The third kappa shape index (κ3) is 6.10. The summed E-state index contributed by atoms with van der Waals surface area (Å²) in [6.07, 6.45) is 1.16. The molecule has 0 unspecified atom stereocenters. The van der Waals surface area contributed by atoms with E-state index in [-0.39, 0.29) is 24.2 Å². The average molecular weight is 474 g/mol. The van der Waals surface area contributed by atoms with Crippen LogP contribution in [0.1, 0.15) is 29.9 Å². The predicted octanol–water partition coefficient (Wildman–Crippen LogP) is 3.06. The molecule has 8 nitrogen and oxygen atoms in total. The first-order chi connectivity index (χ1) is 15.1. The number of nitrogens with zero attached hydrogens (tertiary/aromatic N) is 4. The molecular formula is C22H27N5O3S2. The van der Waals surface area contributed by atoms with Crippen LogP contribution in [0, 0.1) is 6.92 Å². The number of rotatable bonds is 9. The number of carbonyl (C=O) groups excluding carboxylic acids is 1. The summed E-state index contributed by atoms with van der Waals surface area (Å²) >= 11 is 1.25. The predicted molar refractivity (Wildman–Crippen MR) is 127 cm³/mol. The quantitative estimate of drug-likeness (QED) is 0.480. The highest BCUT2D eigenvalue weighted by Crippen LogP contribution is 2.22. The van der Waals surface area contributed by atoms with E-state index >= 15 is 0 Å². The molecule has 0 aliphatic rings. The van der Waals surface area contributed by atoms with Gasteiger partial charge in [0.25, 0.3) is 0 Å². The van der Waals surface area contributed by atoms with Gasteiger partial charge in [0.2, 0.25) is 15.9 Å². The number of anilines is 1. The smallest absolute Gasteiger partial charge is 0.232 e. The van der Waals surface area contributed by atoms with Gasteiger partial charge in [0.15, 0.2) is 11.0 Å². The topological polar surface area (TPSA) is 97.2 Å². The molecule has 2 aromatic carbocycles. The van der Waals surface area contributed by atoms with Crippen LogP contribution in [0.15, 0.2) is 59.8 Å². The maximum Gasteiger partial charge on any atom is 0.232 e. The molecule has 0 fully saturated rings. The van der Waals surface area contributed by atoms with E-state index in [9.17, 15) is 13.2 Å². The number of benzene rings is 2. The zero-order valence-corrected chi connectivity index (χ0v) is 20.2. The molecule has 0 radical (unpaired) electrons. The Labute approximate surface area is 193 Å². The largest absolute Gasteiger partial charge is 0.349 e. The summed E-state index contributed by atoms with van der Waals surface area (Å²) in [7, 11) is -1.76. The zero-order chi connectivity index (χ0) is 23.3. The van der Waals surface area contributed by atoms with Gasteiger partial charge in [-0.1, -0.05) is 59.8 Å². The van der Waals surface area contributed by atoms with Crippen molar-refractivity contribution in [2.75, 3.05) is 16.3 Å². The molecule has 0 bridgehead atoms. The summed E-state index contributed by atoms with van der Waals surface area (Å²) < 4.78 is 27.8. The van der Waals surface area contributed by atoms with Crippen LogP contribution in [0.2, 0.25) is 0 Å². The lowest BCUT2D eigenvalue weighted by atomic mass is 10.1. The van der Waals surface area contributed by atoms with Crippen LogP contribution in [0.5, 0.6) is 0 Å². The van der Waals surface area contributed by atoms with E-state index in [0.29, 0.717) is 16.7 Å². The number of amides is 1. The molecule has 0 aliphatic heterocycles. The summed E-state index contributed by atoms with van der Waals surface area (Å²) in [6, 6.07) is 16.9. The van der Waals surface area contributed by atoms with Crippen LogP contribution < -0.4 is 9.62 Å². The number of sulfonamides is 1. The van der Waals surface area contributed by atoms with Gasteiger partial charge in [-0.15, -0.1) is 10.2 Å². The number of thioether (sulfide) groups is 1. The molecule has 1 N–H and O–H groups in total. The van der Waals surface area contributed by atoms with Crippen LogP contribution in [-0.4, -0.2) is 41.1 Å². The maximum absolute atomic E-state index is 12.4. The highest BCUT2D eigenvalue weighted by atomic mass is 32.2. The molecule has 1 heterocycles. The molecule has 0 aliphatic carbocycles. The van der Waals surface area contributed by atoms with Crippen molar-refractivity contribution >= 4 is 33.4 Å². The summed E-state index contributed by atoms with van der Waals surface area (Å²) in [6.45, 7) is 3.92. The van der Waals surface area contributed by atoms with Gasteiger partial charge in [-0.05, 0) is 31.5 Å². The van der Waals surface area contributed by atoms with Crippen LogP contribution in [0.4, 0.5) is 5.69 Å². The van der Waals surface area contributed by atoms with Gasteiger partial charge in [-0.2, -0.15) is 0 Å². The van der Waals surface area contributed by atoms with Crippen molar-refractivity contribution in [3.63, 3.8) is 0 Å². The molecule has 0 saturated carbocycles. The molecule has 3 rings (SSSR count). The van der Waals surface area contributed by atoms with Crippen molar-refractivity contribution in [3.05, 3.63) is 71.5 Å². The fraction of sp³-hybridized carbons (Fsp3) is 0.318. The Kier molecular flexibility index (Phi) is 7.57. The molecule has 10 heteroatoms. The van der Waals surface area contributed by atoms with Crippen LogP contribution in [0.3, 0.4) is 0 Å². The highest BCUT2D eigenvalue weighted by molar-refractivity contribution is 7.99. The van der Waals surface area contributed by atoms with E-state index in [4.69, 9.17) is 0 Å². The van der Waals surface area contributed by atoms with Crippen molar-refractivity contribution in [2.24, 2.45) is 7.05 Å². The van der Waals surface area contributed by atoms with E-state index in [1.54, 1.807) is 23.7 Å². The zero-order valence-electron chi connectivity index (χ0n) is 18.5. The number of aryl methyl sites for hydroxylation is 1. The Morgan fingerprint density at radius 2 is 1.78 bits per heavy atom. The minimum absolute atomic E-state index is 0.0448. The van der Waals surface area contributed by atoms with Gasteiger partial charge < -0.3 is 9.88 Å². The average Bonchev–Trinajstić information content (AvgIpc) is 3.10. The highest BCUT2D eigenvalue weighted by Gasteiger charge is 2.22.